The van der Waals surface area contributed by atoms with Crippen LogP contribution in [0, 0.1) is 11.6 Å². The molecule has 0 aliphatic carbocycles. The van der Waals surface area contributed by atoms with Crippen molar-refractivity contribution in [1.82, 2.24) is 5.32 Å². The summed E-state index contributed by atoms with van der Waals surface area (Å²) in [6.45, 7) is 1.41. The summed E-state index contributed by atoms with van der Waals surface area (Å²) >= 11 is 0. The van der Waals surface area contributed by atoms with E-state index < -0.39 is 11.6 Å². The number of benzene rings is 2. The molecule has 0 bridgehead atoms. The zero-order valence-electron chi connectivity index (χ0n) is 13.7. The maximum atomic E-state index is 13.5. The van der Waals surface area contributed by atoms with Gasteiger partial charge >= 0.3 is 0 Å². The summed E-state index contributed by atoms with van der Waals surface area (Å²) in [6, 6.07) is 10.8. The molecule has 0 saturated carbocycles. The van der Waals surface area contributed by atoms with Gasteiger partial charge in [-0.3, -0.25) is 0 Å². The number of halogens is 2. The Hall–Kier alpha value is -2.14. The predicted molar refractivity (Wildman–Crippen MR) is 91.3 cm³/mol. The molecule has 128 valence electrons. The fourth-order valence-corrected chi connectivity index (χ4v) is 3.10. The second kappa shape index (κ2) is 7.62. The number of hydrogen-bond donors (Lipinski definition) is 2. The lowest BCUT2D eigenvalue weighted by molar-refractivity contribution is 0.401. The molecule has 0 unspecified atom stereocenters. The standard InChI is InChI=1S/C19H22F2N2O/c1-24-19-11-17(21)16(20)10-14(19)12-23-15-6-4-5-13(9-15)18-7-2-3-8-22-18/h4-6,9-11,18,22-23H,2-3,7-8,12H2,1H3/t18-/m0/s1. The first-order valence-corrected chi connectivity index (χ1v) is 8.26. The molecule has 2 aromatic rings. The smallest absolute Gasteiger partial charge is 0.162 e. The van der Waals surface area contributed by atoms with E-state index in [0.717, 1.165) is 24.7 Å². The van der Waals surface area contributed by atoms with Gasteiger partial charge in [-0.1, -0.05) is 18.6 Å². The average molecular weight is 332 g/mol. The van der Waals surface area contributed by atoms with Gasteiger partial charge < -0.3 is 15.4 Å². The summed E-state index contributed by atoms with van der Waals surface area (Å²) in [5.74, 6) is -1.43. The highest BCUT2D eigenvalue weighted by Gasteiger charge is 2.15. The minimum absolute atomic E-state index is 0.339. The van der Waals surface area contributed by atoms with Gasteiger partial charge in [0.15, 0.2) is 11.6 Å². The highest BCUT2D eigenvalue weighted by Crippen LogP contribution is 2.26. The second-order valence-corrected chi connectivity index (χ2v) is 6.06. The van der Waals surface area contributed by atoms with Gasteiger partial charge in [-0.25, -0.2) is 8.78 Å². The van der Waals surface area contributed by atoms with Gasteiger partial charge in [0.25, 0.3) is 0 Å². The van der Waals surface area contributed by atoms with Crippen molar-refractivity contribution >= 4 is 5.69 Å². The average Bonchev–Trinajstić information content (AvgIpc) is 2.63. The molecule has 1 saturated heterocycles. The highest BCUT2D eigenvalue weighted by molar-refractivity contribution is 5.48. The summed E-state index contributed by atoms with van der Waals surface area (Å²) in [5, 5.41) is 6.79. The van der Waals surface area contributed by atoms with Crippen molar-refractivity contribution in [3.05, 3.63) is 59.2 Å². The maximum absolute atomic E-state index is 13.5. The first kappa shape index (κ1) is 16.7. The van der Waals surface area contributed by atoms with E-state index in [2.05, 4.69) is 22.8 Å². The van der Waals surface area contributed by atoms with Gasteiger partial charge in [-0.05, 0) is 43.1 Å². The maximum Gasteiger partial charge on any atom is 0.162 e. The van der Waals surface area contributed by atoms with Crippen molar-refractivity contribution in [2.24, 2.45) is 0 Å². The van der Waals surface area contributed by atoms with Crippen molar-refractivity contribution in [3.63, 3.8) is 0 Å². The largest absolute Gasteiger partial charge is 0.496 e. The zero-order chi connectivity index (χ0) is 16.9. The molecule has 0 amide bonds. The Kier molecular flexibility index (Phi) is 5.30. The van der Waals surface area contributed by atoms with E-state index in [1.54, 1.807) is 0 Å². The molecule has 5 heteroatoms. The van der Waals surface area contributed by atoms with Gasteiger partial charge in [0.1, 0.15) is 5.75 Å². The van der Waals surface area contributed by atoms with E-state index in [1.165, 1.54) is 31.6 Å². The summed E-state index contributed by atoms with van der Waals surface area (Å²) in [6.07, 6.45) is 3.60. The van der Waals surface area contributed by atoms with E-state index >= 15 is 0 Å². The van der Waals surface area contributed by atoms with Gasteiger partial charge in [-0.2, -0.15) is 0 Å². The van der Waals surface area contributed by atoms with Gasteiger partial charge in [0.05, 0.1) is 7.11 Å². The number of nitrogens with one attached hydrogen (secondary N) is 2. The Morgan fingerprint density at radius 1 is 1.17 bits per heavy atom. The lowest BCUT2D eigenvalue weighted by Crippen LogP contribution is -2.26. The number of piperidine rings is 1. The van der Waals surface area contributed by atoms with E-state index in [1.807, 2.05) is 12.1 Å². The van der Waals surface area contributed by atoms with Crippen LogP contribution in [0.2, 0.25) is 0 Å². The third kappa shape index (κ3) is 3.85. The molecular formula is C19H22F2N2O. The third-order valence-corrected chi connectivity index (χ3v) is 4.41. The lowest BCUT2D eigenvalue weighted by Gasteiger charge is -2.24. The summed E-state index contributed by atoms with van der Waals surface area (Å²) < 4.78 is 31.9. The quantitative estimate of drug-likeness (QED) is 0.851. The Bertz CT molecular complexity index is 700. The number of ether oxygens (including phenoxy) is 1. The molecular weight excluding hydrogens is 310 g/mol. The van der Waals surface area contributed by atoms with E-state index in [9.17, 15) is 8.78 Å². The monoisotopic (exact) mass is 332 g/mol. The van der Waals surface area contributed by atoms with Crippen LogP contribution in [-0.4, -0.2) is 13.7 Å². The molecule has 1 aliphatic heterocycles. The molecule has 1 atom stereocenters. The van der Waals surface area contributed by atoms with Crippen LogP contribution >= 0.6 is 0 Å². The van der Waals surface area contributed by atoms with Crippen LogP contribution in [0.1, 0.15) is 36.4 Å². The normalized spacial score (nSPS) is 17.5. The zero-order valence-corrected chi connectivity index (χ0v) is 13.7. The number of anilines is 1. The summed E-state index contributed by atoms with van der Waals surface area (Å²) in [7, 11) is 1.45. The van der Waals surface area contributed by atoms with Crippen LogP contribution in [0.25, 0.3) is 0 Å². The van der Waals surface area contributed by atoms with Crippen molar-refractivity contribution in [2.75, 3.05) is 19.0 Å². The molecule has 2 N–H and O–H groups in total. The topological polar surface area (TPSA) is 33.3 Å². The van der Waals surface area contributed by atoms with Crippen LogP contribution in [-0.2, 0) is 6.54 Å². The molecule has 1 heterocycles. The van der Waals surface area contributed by atoms with Crippen LogP contribution in [0.5, 0.6) is 5.75 Å². The molecule has 0 radical (unpaired) electrons. The molecule has 3 rings (SSSR count). The molecule has 1 aliphatic rings. The molecule has 0 aromatic heterocycles. The van der Waals surface area contributed by atoms with Crippen LogP contribution in [0.3, 0.4) is 0 Å². The Morgan fingerprint density at radius 3 is 2.75 bits per heavy atom. The predicted octanol–water partition coefficient (Wildman–Crippen LogP) is 4.40. The fourth-order valence-electron chi connectivity index (χ4n) is 3.10. The fraction of sp³-hybridized carbons (Fsp3) is 0.368. The van der Waals surface area contributed by atoms with Crippen LogP contribution in [0.15, 0.2) is 36.4 Å². The molecule has 0 spiro atoms. The summed E-state index contributed by atoms with van der Waals surface area (Å²) in [4.78, 5) is 0. The number of rotatable bonds is 5. The minimum atomic E-state index is -0.902. The minimum Gasteiger partial charge on any atom is -0.496 e. The van der Waals surface area contributed by atoms with Crippen molar-refractivity contribution in [2.45, 2.75) is 31.8 Å². The Morgan fingerprint density at radius 2 is 2.00 bits per heavy atom. The molecule has 3 nitrogen and oxygen atoms in total. The molecule has 1 fully saturated rings. The third-order valence-electron chi connectivity index (χ3n) is 4.41. The van der Waals surface area contributed by atoms with E-state index in [0.29, 0.717) is 23.9 Å². The highest BCUT2D eigenvalue weighted by atomic mass is 19.2. The van der Waals surface area contributed by atoms with Crippen molar-refractivity contribution in [3.8, 4) is 5.75 Å². The first-order chi connectivity index (χ1) is 11.7. The van der Waals surface area contributed by atoms with Crippen molar-refractivity contribution < 1.29 is 13.5 Å². The van der Waals surface area contributed by atoms with Gasteiger partial charge in [0.2, 0.25) is 0 Å². The molecule has 2 aromatic carbocycles. The number of hydrogen-bond acceptors (Lipinski definition) is 3. The second-order valence-electron chi connectivity index (χ2n) is 6.06. The Labute approximate surface area is 141 Å². The summed E-state index contributed by atoms with van der Waals surface area (Å²) in [5.41, 5.74) is 2.78. The van der Waals surface area contributed by atoms with E-state index in [4.69, 9.17) is 4.74 Å². The van der Waals surface area contributed by atoms with Crippen molar-refractivity contribution in [1.29, 1.82) is 0 Å². The van der Waals surface area contributed by atoms with E-state index in [-0.39, 0.29) is 0 Å². The molecule has 24 heavy (non-hydrogen) atoms. The van der Waals surface area contributed by atoms with Gasteiger partial charge in [-0.15, -0.1) is 0 Å². The number of methoxy groups -OCH3 is 1. The SMILES string of the molecule is COc1cc(F)c(F)cc1CNc1cccc([C@@H]2CCCCN2)c1. The van der Waals surface area contributed by atoms with Crippen LogP contribution < -0.4 is 15.4 Å². The van der Waals surface area contributed by atoms with Crippen LogP contribution in [0.4, 0.5) is 14.5 Å². The van der Waals surface area contributed by atoms with Gasteiger partial charge in [0, 0.05) is 29.9 Å². The lowest BCUT2D eigenvalue weighted by atomic mass is 9.97. The first-order valence-electron chi connectivity index (χ1n) is 8.26. The Balaban J connectivity index is 1.72.